The van der Waals surface area contributed by atoms with Gasteiger partial charge in [0.2, 0.25) is 0 Å². The fraction of sp³-hybridized carbons (Fsp3) is 0.800. The molecule has 0 aromatic heterocycles. The van der Waals surface area contributed by atoms with Crippen LogP contribution < -0.4 is 11.2 Å². The van der Waals surface area contributed by atoms with Gasteiger partial charge in [-0.3, -0.25) is 5.43 Å². The van der Waals surface area contributed by atoms with Crippen LogP contribution in [0, 0.1) is 17.8 Å². The van der Waals surface area contributed by atoms with Crippen LogP contribution in [-0.4, -0.2) is 10.8 Å². The van der Waals surface area contributed by atoms with Crippen molar-refractivity contribution in [3.63, 3.8) is 0 Å². The molecule has 3 N–H and O–H groups in total. The fourth-order valence-electron chi connectivity index (χ4n) is 2.98. The van der Waals surface area contributed by atoms with Crippen LogP contribution in [0.4, 0.5) is 0 Å². The van der Waals surface area contributed by atoms with E-state index in [1.165, 1.54) is 31.4 Å². The van der Waals surface area contributed by atoms with Crippen molar-refractivity contribution in [3.05, 3.63) is 0 Å². The lowest BCUT2D eigenvalue weighted by Crippen LogP contribution is -2.28. The van der Waals surface area contributed by atoms with E-state index < -0.39 is 0 Å². The van der Waals surface area contributed by atoms with Crippen LogP contribution in [0.5, 0.6) is 0 Å². The molecule has 0 amide bonds. The molecule has 0 radical (unpaired) electrons. The SMILES string of the molecule is C/C(=N/NC(N)=S)[C@H]1C[C@H]2CC[C@H]1C2. The summed E-state index contributed by atoms with van der Waals surface area (Å²) in [5.74, 6) is 2.51. The van der Waals surface area contributed by atoms with Crippen LogP contribution in [0.15, 0.2) is 5.10 Å². The Kier molecular flexibility index (Phi) is 2.72. The van der Waals surface area contributed by atoms with Gasteiger partial charge in [0.25, 0.3) is 0 Å². The van der Waals surface area contributed by atoms with Crippen molar-refractivity contribution in [1.82, 2.24) is 5.43 Å². The summed E-state index contributed by atoms with van der Waals surface area (Å²) in [6, 6.07) is 0. The van der Waals surface area contributed by atoms with Gasteiger partial charge in [-0.2, -0.15) is 5.10 Å². The number of hydrogen-bond donors (Lipinski definition) is 2. The molecule has 4 heteroatoms. The first-order valence-electron chi connectivity index (χ1n) is 5.26. The van der Waals surface area contributed by atoms with Gasteiger partial charge in [-0.15, -0.1) is 0 Å². The minimum Gasteiger partial charge on any atom is -0.375 e. The average molecular weight is 211 g/mol. The van der Waals surface area contributed by atoms with Crippen molar-refractivity contribution in [3.8, 4) is 0 Å². The van der Waals surface area contributed by atoms with E-state index in [0.717, 1.165) is 11.8 Å². The quantitative estimate of drug-likeness (QED) is 0.415. The normalized spacial score (nSPS) is 36.1. The van der Waals surface area contributed by atoms with Gasteiger partial charge in [-0.25, -0.2) is 0 Å². The van der Waals surface area contributed by atoms with Crippen molar-refractivity contribution in [2.75, 3.05) is 0 Å². The maximum absolute atomic E-state index is 5.33. The van der Waals surface area contributed by atoms with E-state index >= 15 is 0 Å². The molecule has 0 aromatic rings. The van der Waals surface area contributed by atoms with Crippen molar-refractivity contribution in [2.45, 2.75) is 32.6 Å². The zero-order valence-corrected chi connectivity index (χ0v) is 9.31. The molecule has 2 aliphatic carbocycles. The average Bonchev–Trinajstić information content (AvgIpc) is 2.74. The van der Waals surface area contributed by atoms with Crippen LogP contribution in [-0.2, 0) is 0 Å². The minimum absolute atomic E-state index is 0.257. The number of fused-ring (bicyclic) bond motifs is 2. The summed E-state index contributed by atoms with van der Waals surface area (Å²) in [4.78, 5) is 0. The van der Waals surface area contributed by atoms with Gasteiger partial charge < -0.3 is 5.73 Å². The van der Waals surface area contributed by atoms with E-state index in [1.807, 2.05) is 0 Å². The second-order valence-corrected chi connectivity index (χ2v) is 4.95. The molecular weight excluding hydrogens is 194 g/mol. The summed E-state index contributed by atoms with van der Waals surface area (Å²) in [6.45, 7) is 2.08. The second kappa shape index (κ2) is 3.85. The largest absolute Gasteiger partial charge is 0.375 e. The van der Waals surface area contributed by atoms with Crippen LogP contribution >= 0.6 is 12.2 Å². The van der Waals surface area contributed by atoms with Gasteiger partial charge in [-0.1, -0.05) is 6.42 Å². The number of rotatable bonds is 2. The third kappa shape index (κ3) is 1.90. The van der Waals surface area contributed by atoms with Crippen molar-refractivity contribution >= 4 is 23.0 Å². The Bertz CT molecular complexity index is 275. The minimum atomic E-state index is 0.257. The van der Waals surface area contributed by atoms with E-state index in [1.54, 1.807) is 0 Å². The molecule has 3 atom stereocenters. The molecule has 0 saturated heterocycles. The van der Waals surface area contributed by atoms with E-state index in [-0.39, 0.29) is 5.11 Å². The van der Waals surface area contributed by atoms with Crippen LogP contribution in [0.3, 0.4) is 0 Å². The summed E-state index contributed by atoms with van der Waals surface area (Å²) in [5.41, 5.74) is 9.18. The second-order valence-electron chi connectivity index (χ2n) is 4.51. The Labute approximate surface area is 90.1 Å². The Morgan fingerprint density at radius 2 is 2.21 bits per heavy atom. The molecule has 2 bridgehead atoms. The predicted octanol–water partition coefficient (Wildman–Crippen LogP) is 1.63. The number of hydrogen-bond acceptors (Lipinski definition) is 2. The molecule has 0 aromatic carbocycles. The van der Waals surface area contributed by atoms with Crippen molar-refractivity contribution in [1.29, 1.82) is 0 Å². The van der Waals surface area contributed by atoms with Gasteiger partial charge in [0, 0.05) is 11.6 Å². The van der Waals surface area contributed by atoms with E-state index in [0.29, 0.717) is 5.92 Å². The van der Waals surface area contributed by atoms with Gasteiger partial charge in [0.1, 0.15) is 0 Å². The molecule has 2 aliphatic rings. The number of nitrogens with two attached hydrogens (primary N) is 1. The molecular formula is C10H17N3S. The lowest BCUT2D eigenvalue weighted by atomic mass is 9.86. The number of hydrazone groups is 1. The molecule has 2 rings (SSSR count). The molecule has 78 valence electrons. The van der Waals surface area contributed by atoms with E-state index in [4.69, 9.17) is 18.0 Å². The first-order valence-corrected chi connectivity index (χ1v) is 5.67. The number of nitrogens with one attached hydrogen (secondary N) is 1. The first kappa shape index (κ1) is 9.90. The van der Waals surface area contributed by atoms with E-state index in [2.05, 4.69) is 17.5 Å². The fourth-order valence-corrected chi connectivity index (χ4v) is 3.03. The Balaban J connectivity index is 1.95. The summed E-state index contributed by atoms with van der Waals surface area (Å²) in [7, 11) is 0. The highest BCUT2D eigenvalue weighted by Crippen LogP contribution is 2.48. The third-order valence-corrected chi connectivity index (χ3v) is 3.71. The lowest BCUT2D eigenvalue weighted by Gasteiger charge is -2.21. The van der Waals surface area contributed by atoms with Crippen molar-refractivity contribution < 1.29 is 0 Å². The summed E-state index contributed by atoms with van der Waals surface area (Å²) in [5, 5.41) is 4.48. The molecule has 0 spiro atoms. The maximum atomic E-state index is 5.33. The van der Waals surface area contributed by atoms with Crippen LogP contribution in [0.25, 0.3) is 0 Å². The Morgan fingerprint density at radius 1 is 1.43 bits per heavy atom. The Morgan fingerprint density at radius 3 is 2.71 bits per heavy atom. The Hall–Kier alpha value is -0.640. The van der Waals surface area contributed by atoms with Crippen molar-refractivity contribution in [2.24, 2.45) is 28.6 Å². The summed E-state index contributed by atoms with van der Waals surface area (Å²) < 4.78 is 0. The smallest absolute Gasteiger partial charge is 0.184 e. The van der Waals surface area contributed by atoms with Gasteiger partial charge >= 0.3 is 0 Å². The monoisotopic (exact) mass is 211 g/mol. The standard InChI is InChI=1S/C10H17N3S/c1-6(12-13-10(11)14)9-5-7-2-3-8(9)4-7/h7-9H,2-5H2,1H3,(H3,11,13,14)/b12-6-/t7-,8-,9+/m0/s1. The van der Waals surface area contributed by atoms with Crippen LogP contribution in [0.2, 0.25) is 0 Å². The van der Waals surface area contributed by atoms with Gasteiger partial charge in [-0.05, 0) is 50.2 Å². The van der Waals surface area contributed by atoms with Crippen LogP contribution in [0.1, 0.15) is 32.6 Å². The first-order chi connectivity index (χ1) is 6.66. The highest BCUT2D eigenvalue weighted by molar-refractivity contribution is 7.80. The van der Waals surface area contributed by atoms with Gasteiger partial charge in [0.05, 0.1) is 0 Å². The topological polar surface area (TPSA) is 50.4 Å². The highest BCUT2D eigenvalue weighted by Gasteiger charge is 2.40. The molecule has 0 unspecified atom stereocenters. The molecule has 0 heterocycles. The van der Waals surface area contributed by atoms with E-state index in [9.17, 15) is 0 Å². The maximum Gasteiger partial charge on any atom is 0.184 e. The van der Waals surface area contributed by atoms with Gasteiger partial charge in [0.15, 0.2) is 5.11 Å². The molecule has 14 heavy (non-hydrogen) atoms. The highest BCUT2D eigenvalue weighted by atomic mass is 32.1. The molecule has 3 nitrogen and oxygen atoms in total. The molecule has 2 saturated carbocycles. The predicted molar refractivity (Wildman–Crippen MR) is 62.0 cm³/mol. The zero-order chi connectivity index (χ0) is 10.1. The number of thiocarbonyl (C=S) groups is 1. The summed E-state index contributed by atoms with van der Waals surface area (Å²) in [6.07, 6.45) is 5.54. The molecule has 2 fully saturated rings. The third-order valence-electron chi connectivity index (χ3n) is 3.62. The summed E-state index contributed by atoms with van der Waals surface area (Å²) >= 11 is 4.71. The zero-order valence-electron chi connectivity index (χ0n) is 8.49. The lowest BCUT2D eigenvalue weighted by molar-refractivity contribution is 0.413. The molecule has 0 aliphatic heterocycles. The number of nitrogens with zero attached hydrogens (tertiary/aromatic N) is 1.